The Kier molecular flexibility index (Phi) is 5.31. The molecule has 31 heavy (non-hydrogen) atoms. The van der Waals surface area contributed by atoms with Crippen molar-refractivity contribution in [1.29, 1.82) is 0 Å². The molecule has 0 heterocycles. The fourth-order valence-electron chi connectivity index (χ4n) is 3.38. The highest BCUT2D eigenvalue weighted by molar-refractivity contribution is 5.74. The number of rotatable bonds is 3. The lowest BCUT2D eigenvalue weighted by Gasteiger charge is -2.11. The first-order valence-electron chi connectivity index (χ1n) is 9.25. The number of aryl methyl sites for hydroxylation is 1. The highest BCUT2D eigenvalue weighted by Gasteiger charge is 2.18. The van der Waals surface area contributed by atoms with Gasteiger partial charge in [-0.3, -0.25) is 0 Å². The minimum absolute atomic E-state index is 0.0882. The van der Waals surface area contributed by atoms with E-state index in [1.54, 1.807) is 12.1 Å². The van der Waals surface area contributed by atoms with Gasteiger partial charge in [-0.1, -0.05) is 42.0 Å². The smallest absolute Gasteiger partial charge is 0.194 e. The third-order valence-corrected chi connectivity index (χ3v) is 4.98. The summed E-state index contributed by atoms with van der Waals surface area (Å²) in [6.45, 7) is 1.89. The number of hydrogen-bond acceptors (Lipinski definition) is 0. The lowest BCUT2D eigenvalue weighted by atomic mass is 9.96. The molecule has 0 aromatic heterocycles. The summed E-state index contributed by atoms with van der Waals surface area (Å²) in [5.41, 5.74) is 0.949. The van der Waals surface area contributed by atoms with E-state index >= 15 is 0 Å². The summed E-state index contributed by atoms with van der Waals surface area (Å²) in [6, 6.07) is 13.9. The Bertz CT molecular complexity index is 1250. The molecule has 0 N–H and O–H groups in total. The van der Waals surface area contributed by atoms with Crippen molar-refractivity contribution < 1.29 is 26.3 Å². The second-order valence-corrected chi connectivity index (χ2v) is 7.13. The van der Waals surface area contributed by atoms with Gasteiger partial charge in [-0.15, -0.1) is 0 Å². The molecule has 0 saturated heterocycles. The van der Waals surface area contributed by atoms with Crippen LogP contribution in [0.3, 0.4) is 0 Å². The van der Waals surface area contributed by atoms with E-state index < -0.39 is 40.5 Å². The topological polar surface area (TPSA) is 0 Å². The van der Waals surface area contributed by atoms with Crippen molar-refractivity contribution in [1.82, 2.24) is 0 Å². The summed E-state index contributed by atoms with van der Waals surface area (Å²) in [5.74, 6) is -7.35. The van der Waals surface area contributed by atoms with E-state index in [9.17, 15) is 26.3 Å². The molecule has 6 heteroatoms. The van der Waals surface area contributed by atoms with E-state index in [0.29, 0.717) is 23.3 Å². The van der Waals surface area contributed by atoms with Gasteiger partial charge < -0.3 is 0 Å². The molecule has 4 aromatic rings. The molecular weight excluding hydrogens is 414 g/mol. The molecule has 0 atom stereocenters. The zero-order valence-electron chi connectivity index (χ0n) is 16.1. The molecule has 0 spiro atoms. The maximum atomic E-state index is 14.8. The highest BCUT2D eigenvalue weighted by atomic mass is 19.2. The minimum Gasteiger partial charge on any atom is -0.206 e. The van der Waals surface area contributed by atoms with Crippen molar-refractivity contribution in [2.45, 2.75) is 6.92 Å². The van der Waals surface area contributed by atoms with E-state index in [1.165, 1.54) is 6.07 Å². The van der Waals surface area contributed by atoms with E-state index in [4.69, 9.17) is 0 Å². The van der Waals surface area contributed by atoms with Gasteiger partial charge in [-0.2, -0.15) is 0 Å². The van der Waals surface area contributed by atoms with Crippen molar-refractivity contribution in [3.63, 3.8) is 0 Å². The third kappa shape index (κ3) is 3.93. The first kappa shape index (κ1) is 20.7. The summed E-state index contributed by atoms with van der Waals surface area (Å²) in [4.78, 5) is 0. The van der Waals surface area contributed by atoms with Crippen LogP contribution in [0.4, 0.5) is 26.3 Å². The summed E-state index contributed by atoms with van der Waals surface area (Å²) < 4.78 is 84.3. The Balaban J connectivity index is 1.75. The van der Waals surface area contributed by atoms with Crippen LogP contribution in [0.1, 0.15) is 5.56 Å². The molecule has 0 radical (unpaired) electrons. The van der Waals surface area contributed by atoms with Crippen molar-refractivity contribution in [3.8, 4) is 33.4 Å². The Labute approximate surface area is 174 Å². The van der Waals surface area contributed by atoms with Crippen LogP contribution < -0.4 is 0 Å². The Hall–Kier alpha value is -3.54. The van der Waals surface area contributed by atoms with Crippen molar-refractivity contribution in [2.75, 3.05) is 0 Å². The molecule has 0 bridgehead atoms. The van der Waals surface area contributed by atoms with Crippen LogP contribution in [0.2, 0.25) is 0 Å². The quantitative estimate of drug-likeness (QED) is 0.230. The molecule has 156 valence electrons. The van der Waals surface area contributed by atoms with Gasteiger partial charge in [0.05, 0.1) is 5.56 Å². The van der Waals surface area contributed by atoms with Crippen LogP contribution >= 0.6 is 0 Å². The molecule has 0 aliphatic heterocycles. The fraction of sp³-hybridized carbons (Fsp3) is 0.0400. The predicted molar refractivity (Wildman–Crippen MR) is 107 cm³/mol. The number of halogens is 6. The van der Waals surface area contributed by atoms with Gasteiger partial charge in [0, 0.05) is 5.56 Å². The average molecular weight is 428 g/mol. The zero-order chi connectivity index (χ0) is 22.3. The average Bonchev–Trinajstić information content (AvgIpc) is 2.72. The highest BCUT2D eigenvalue weighted by Crippen LogP contribution is 2.34. The molecule has 0 nitrogen and oxygen atoms in total. The summed E-state index contributed by atoms with van der Waals surface area (Å²) in [5, 5.41) is 0. The van der Waals surface area contributed by atoms with Gasteiger partial charge in [0.2, 0.25) is 0 Å². The Morgan fingerprint density at radius 2 is 0.935 bits per heavy atom. The first-order valence-corrected chi connectivity index (χ1v) is 9.25. The molecule has 0 fully saturated rings. The maximum absolute atomic E-state index is 14.8. The standard InChI is InChI=1S/C25H14F6/c1-13-2-4-14(5-3-13)16-9-20(27)24(21(28)10-16)15-6-7-18(19(26)8-15)17-11-22(29)25(31)23(30)12-17/h2-12H,1H3. The number of benzene rings is 4. The SMILES string of the molecule is Cc1ccc(-c2cc(F)c(-c3ccc(-c4cc(F)c(F)c(F)c4)c(F)c3)c(F)c2)cc1. The summed E-state index contributed by atoms with van der Waals surface area (Å²) >= 11 is 0. The van der Waals surface area contributed by atoms with E-state index in [0.717, 1.165) is 29.8 Å². The molecule has 4 aromatic carbocycles. The van der Waals surface area contributed by atoms with Gasteiger partial charge in [-0.25, -0.2) is 26.3 Å². The molecular formula is C25H14F6. The van der Waals surface area contributed by atoms with Crippen LogP contribution in [0.5, 0.6) is 0 Å². The normalized spacial score (nSPS) is 11.1. The second kappa shape index (κ2) is 7.95. The monoisotopic (exact) mass is 428 g/mol. The summed E-state index contributed by atoms with van der Waals surface area (Å²) in [6.07, 6.45) is 0. The largest absolute Gasteiger partial charge is 0.206 e. The van der Waals surface area contributed by atoms with Crippen LogP contribution in [0.15, 0.2) is 66.7 Å². The van der Waals surface area contributed by atoms with Gasteiger partial charge >= 0.3 is 0 Å². The zero-order valence-corrected chi connectivity index (χ0v) is 16.1. The summed E-state index contributed by atoms with van der Waals surface area (Å²) in [7, 11) is 0. The van der Waals surface area contributed by atoms with E-state index in [1.807, 2.05) is 19.1 Å². The molecule has 0 aliphatic carbocycles. The fourth-order valence-corrected chi connectivity index (χ4v) is 3.38. The Morgan fingerprint density at radius 1 is 0.452 bits per heavy atom. The van der Waals surface area contributed by atoms with Crippen LogP contribution in [-0.4, -0.2) is 0 Å². The maximum Gasteiger partial charge on any atom is 0.194 e. The Morgan fingerprint density at radius 3 is 1.48 bits per heavy atom. The van der Waals surface area contributed by atoms with Gasteiger partial charge in [0.15, 0.2) is 17.5 Å². The lowest BCUT2D eigenvalue weighted by Crippen LogP contribution is -1.96. The third-order valence-electron chi connectivity index (χ3n) is 4.98. The molecule has 0 aliphatic rings. The molecule has 0 amide bonds. The van der Waals surface area contributed by atoms with Crippen LogP contribution in [-0.2, 0) is 0 Å². The molecule has 4 rings (SSSR count). The molecule has 0 unspecified atom stereocenters. The minimum atomic E-state index is -1.67. The van der Waals surface area contributed by atoms with Crippen LogP contribution in [0.25, 0.3) is 33.4 Å². The van der Waals surface area contributed by atoms with Gasteiger partial charge in [-0.05, 0) is 59.5 Å². The van der Waals surface area contributed by atoms with E-state index in [2.05, 4.69) is 0 Å². The second-order valence-electron chi connectivity index (χ2n) is 7.13. The van der Waals surface area contributed by atoms with Crippen molar-refractivity contribution >= 4 is 0 Å². The van der Waals surface area contributed by atoms with Crippen molar-refractivity contribution in [2.24, 2.45) is 0 Å². The molecule has 0 saturated carbocycles. The predicted octanol–water partition coefficient (Wildman–Crippen LogP) is 7.83. The van der Waals surface area contributed by atoms with E-state index in [-0.39, 0.29) is 16.7 Å². The lowest BCUT2D eigenvalue weighted by molar-refractivity contribution is 0.447. The van der Waals surface area contributed by atoms with Gasteiger partial charge in [0.1, 0.15) is 17.5 Å². The van der Waals surface area contributed by atoms with Gasteiger partial charge in [0.25, 0.3) is 0 Å². The first-order chi connectivity index (χ1) is 14.7. The van der Waals surface area contributed by atoms with Crippen molar-refractivity contribution in [3.05, 3.63) is 107 Å². The number of hydrogen-bond donors (Lipinski definition) is 0. The van der Waals surface area contributed by atoms with Crippen LogP contribution in [0, 0.1) is 41.8 Å².